The summed E-state index contributed by atoms with van der Waals surface area (Å²) >= 11 is 0. The Kier molecular flexibility index (Phi) is 14.2. The molecule has 9 nitrogen and oxygen atoms in total. The average Bonchev–Trinajstić information content (AvgIpc) is 3.00. The number of rotatable bonds is 14. The smallest absolute Gasteiger partial charge is 0.343 e. The predicted octanol–water partition coefficient (Wildman–Crippen LogP) is 9.58. The Morgan fingerprint density at radius 2 is 1.24 bits per heavy atom. The Balaban J connectivity index is 1.73. The Labute approximate surface area is 296 Å². The van der Waals surface area contributed by atoms with E-state index in [1.807, 2.05) is 19.9 Å². The number of hydrogen-bond acceptors (Lipinski definition) is 9. The summed E-state index contributed by atoms with van der Waals surface area (Å²) in [7, 11) is 0. The number of esters is 4. The Morgan fingerprint density at radius 3 is 1.78 bits per heavy atom. The van der Waals surface area contributed by atoms with Crippen LogP contribution < -0.4 is 23.7 Å². The van der Waals surface area contributed by atoms with Gasteiger partial charge in [-0.05, 0) is 135 Å². The summed E-state index contributed by atoms with van der Waals surface area (Å²) in [5, 5.41) is 0. The molecular formula is C41H52O9. The maximum atomic E-state index is 13.4. The molecule has 0 amide bonds. The van der Waals surface area contributed by atoms with Gasteiger partial charge < -0.3 is 23.7 Å². The van der Waals surface area contributed by atoms with Crippen LogP contribution in [0.4, 0.5) is 0 Å². The van der Waals surface area contributed by atoms with Crippen LogP contribution in [0.3, 0.4) is 0 Å². The quantitative estimate of drug-likeness (QED) is 0.109. The van der Waals surface area contributed by atoms with Crippen LogP contribution in [0, 0.1) is 13.8 Å². The van der Waals surface area contributed by atoms with Gasteiger partial charge in [-0.1, -0.05) is 34.9 Å². The fraction of sp³-hybridized carbons (Fsp3) is 0.463. The molecule has 0 saturated heterocycles. The minimum atomic E-state index is -0.790. The first-order valence-corrected chi connectivity index (χ1v) is 17.2. The standard InChI is InChI=1S/C41H52O9/c1-25(2)14-11-15-26(3)16-12-17-27(4)18-13-20-41(10)21-19-33-22-35(28(5)29(6)38(33)50-41)49-40(45)34-23-36(46-30(7)42)39(48-32(9)44)37(24-34)47-31(8)43/h14,16,18,22-24H,11-13,15,17,19-21H2,1-10H3/b26-16+,27-18+/t41-/m1/s1. The summed E-state index contributed by atoms with van der Waals surface area (Å²) < 4.78 is 28.0. The van der Waals surface area contributed by atoms with Crippen LogP contribution in [0.5, 0.6) is 28.7 Å². The molecule has 1 aliphatic heterocycles. The van der Waals surface area contributed by atoms with Gasteiger partial charge in [-0.25, -0.2) is 4.79 Å². The topological polar surface area (TPSA) is 114 Å². The van der Waals surface area contributed by atoms with Gasteiger partial charge in [-0.15, -0.1) is 0 Å². The third-order valence-electron chi connectivity index (χ3n) is 8.64. The highest BCUT2D eigenvalue weighted by atomic mass is 16.6. The highest BCUT2D eigenvalue weighted by Gasteiger charge is 2.33. The van der Waals surface area contributed by atoms with Crippen molar-refractivity contribution < 1.29 is 42.9 Å². The van der Waals surface area contributed by atoms with Crippen LogP contribution in [0.2, 0.25) is 0 Å². The molecule has 1 atom stereocenters. The summed E-state index contributed by atoms with van der Waals surface area (Å²) in [5.41, 5.74) is 6.34. The first-order valence-electron chi connectivity index (χ1n) is 17.2. The summed E-state index contributed by atoms with van der Waals surface area (Å²) in [6, 6.07) is 4.22. The molecule has 50 heavy (non-hydrogen) atoms. The second kappa shape index (κ2) is 17.8. The van der Waals surface area contributed by atoms with E-state index >= 15 is 0 Å². The zero-order chi connectivity index (χ0) is 37.2. The van der Waals surface area contributed by atoms with E-state index in [1.54, 1.807) is 0 Å². The summed E-state index contributed by atoms with van der Waals surface area (Å²) in [6.45, 7) is 18.1. The number of carbonyl (C=O) groups is 4. The summed E-state index contributed by atoms with van der Waals surface area (Å²) in [5.74, 6) is -2.69. The number of ether oxygens (including phenoxy) is 5. The Morgan fingerprint density at radius 1 is 0.700 bits per heavy atom. The molecule has 0 unspecified atom stereocenters. The summed E-state index contributed by atoms with van der Waals surface area (Å²) in [4.78, 5) is 48.8. The molecule has 1 heterocycles. The lowest BCUT2D eigenvalue weighted by molar-refractivity contribution is -0.135. The van der Waals surface area contributed by atoms with Crippen molar-refractivity contribution in [3.63, 3.8) is 0 Å². The molecule has 0 aliphatic carbocycles. The molecule has 0 N–H and O–H groups in total. The molecule has 0 aromatic heterocycles. The molecule has 0 fully saturated rings. The molecule has 0 bridgehead atoms. The molecular weight excluding hydrogens is 636 g/mol. The van der Waals surface area contributed by atoms with Crippen molar-refractivity contribution in [1.82, 2.24) is 0 Å². The third-order valence-corrected chi connectivity index (χ3v) is 8.64. The van der Waals surface area contributed by atoms with Gasteiger partial charge in [0.15, 0.2) is 11.5 Å². The Hall–Kier alpha value is -4.66. The van der Waals surface area contributed by atoms with Crippen molar-refractivity contribution in [3.8, 4) is 28.7 Å². The van der Waals surface area contributed by atoms with Gasteiger partial charge in [0.1, 0.15) is 17.1 Å². The zero-order valence-corrected chi connectivity index (χ0v) is 31.3. The molecule has 0 radical (unpaired) electrons. The van der Waals surface area contributed by atoms with Crippen LogP contribution >= 0.6 is 0 Å². The van der Waals surface area contributed by atoms with E-state index in [0.717, 1.165) is 94.6 Å². The highest BCUT2D eigenvalue weighted by molar-refractivity contribution is 5.94. The lowest BCUT2D eigenvalue weighted by atomic mass is 9.86. The van der Waals surface area contributed by atoms with Gasteiger partial charge in [0.2, 0.25) is 5.75 Å². The van der Waals surface area contributed by atoms with E-state index in [0.29, 0.717) is 5.75 Å². The number of aryl methyl sites for hydroxylation is 1. The van der Waals surface area contributed by atoms with Crippen LogP contribution in [0.1, 0.15) is 127 Å². The van der Waals surface area contributed by atoms with Crippen molar-refractivity contribution in [1.29, 1.82) is 0 Å². The molecule has 2 aromatic carbocycles. The lowest BCUT2D eigenvalue weighted by Gasteiger charge is -2.37. The lowest BCUT2D eigenvalue weighted by Crippen LogP contribution is -2.36. The van der Waals surface area contributed by atoms with Crippen LogP contribution in [-0.4, -0.2) is 29.5 Å². The van der Waals surface area contributed by atoms with Gasteiger partial charge in [0.25, 0.3) is 0 Å². The van der Waals surface area contributed by atoms with Crippen molar-refractivity contribution >= 4 is 23.9 Å². The maximum Gasteiger partial charge on any atom is 0.343 e. The molecule has 0 spiro atoms. The van der Waals surface area contributed by atoms with E-state index in [2.05, 4.69) is 52.8 Å². The van der Waals surface area contributed by atoms with Gasteiger partial charge >= 0.3 is 23.9 Å². The average molecular weight is 689 g/mol. The molecule has 3 rings (SSSR count). The zero-order valence-electron chi connectivity index (χ0n) is 31.3. The SMILES string of the molecule is CC(=O)Oc1cc(C(=O)Oc2cc3c(c(C)c2C)O[C@](C)(CC/C=C(\C)CC/C=C(\C)CCC=C(C)C)CC3)cc(OC(C)=O)c1OC(C)=O. The fourth-order valence-corrected chi connectivity index (χ4v) is 5.76. The van der Waals surface area contributed by atoms with E-state index < -0.39 is 23.9 Å². The van der Waals surface area contributed by atoms with Gasteiger partial charge in [0, 0.05) is 20.8 Å². The maximum absolute atomic E-state index is 13.4. The molecule has 0 saturated carbocycles. The largest absolute Gasteiger partial charge is 0.487 e. The van der Waals surface area contributed by atoms with E-state index in [1.165, 1.54) is 28.9 Å². The summed E-state index contributed by atoms with van der Waals surface area (Å²) in [6.07, 6.45) is 14.7. The van der Waals surface area contributed by atoms with Crippen molar-refractivity contribution in [2.75, 3.05) is 0 Å². The second-order valence-electron chi connectivity index (χ2n) is 13.6. The molecule has 2 aromatic rings. The normalized spacial score (nSPS) is 15.7. The minimum absolute atomic E-state index is 0.0824. The first-order chi connectivity index (χ1) is 23.5. The number of benzene rings is 2. The molecule has 9 heteroatoms. The number of allylic oxidation sites excluding steroid dienone is 6. The van der Waals surface area contributed by atoms with Crippen LogP contribution in [0.15, 0.2) is 53.1 Å². The third kappa shape index (κ3) is 11.7. The fourth-order valence-electron chi connectivity index (χ4n) is 5.76. The van der Waals surface area contributed by atoms with Crippen LogP contribution in [0.25, 0.3) is 0 Å². The van der Waals surface area contributed by atoms with Gasteiger partial charge in [0.05, 0.1) is 5.56 Å². The van der Waals surface area contributed by atoms with Crippen molar-refractivity contribution in [2.24, 2.45) is 0 Å². The van der Waals surface area contributed by atoms with E-state index in [9.17, 15) is 19.2 Å². The molecule has 1 aliphatic rings. The van der Waals surface area contributed by atoms with Crippen LogP contribution in [-0.2, 0) is 20.8 Å². The Bertz CT molecular complexity index is 1670. The molecule has 270 valence electrons. The highest BCUT2D eigenvalue weighted by Crippen LogP contribution is 2.43. The number of fused-ring (bicyclic) bond motifs is 1. The second-order valence-corrected chi connectivity index (χ2v) is 13.6. The minimum Gasteiger partial charge on any atom is -0.487 e. The van der Waals surface area contributed by atoms with Gasteiger partial charge in [-0.3, -0.25) is 14.4 Å². The first kappa shape index (κ1) is 39.8. The monoisotopic (exact) mass is 688 g/mol. The number of carbonyl (C=O) groups excluding carboxylic acids is 4. The van der Waals surface area contributed by atoms with E-state index in [4.69, 9.17) is 23.7 Å². The van der Waals surface area contributed by atoms with E-state index in [-0.39, 0.29) is 28.4 Å². The number of hydrogen-bond donors (Lipinski definition) is 0. The van der Waals surface area contributed by atoms with Gasteiger partial charge in [-0.2, -0.15) is 0 Å². The predicted molar refractivity (Wildman–Crippen MR) is 193 cm³/mol. The van der Waals surface area contributed by atoms with Crippen molar-refractivity contribution in [3.05, 3.63) is 75.4 Å². The van der Waals surface area contributed by atoms with Crippen molar-refractivity contribution in [2.45, 2.75) is 126 Å².